The van der Waals surface area contributed by atoms with Crippen LogP contribution in [0, 0.1) is 0 Å². The van der Waals surface area contributed by atoms with Crippen LogP contribution in [0.4, 0.5) is 0 Å². The van der Waals surface area contributed by atoms with Crippen molar-refractivity contribution in [3.05, 3.63) is 30.1 Å². The maximum atomic E-state index is 11.3. The molecule has 37 nitrogen and oxygen atoms in total. The molecule has 0 saturated carbocycles. The smallest absolute Gasteiger partial charge is 0.187 e. The molecule has 14 bridgehead atoms. The van der Waals surface area contributed by atoms with Gasteiger partial charge in [-0.05, 0) is 38.1 Å². The highest BCUT2D eigenvalue weighted by Gasteiger charge is 2.59. The Bertz CT molecular complexity index is 1940. The second kappa shape index (κ2) is 31.1. The number of hydrogen-bond acceptors (Lipinski definition) is 37. The Labute approximate surface area is 506 Å². The van der Waals surface area contributed by atoms with Gasteiger partial charge in [-0.15, -0.1) is 0 Å². The van der Waals surface area contributed by atoms with Gasteiger partial charge >= 0.3 is 0 Å². The summed E-state index contributed by atoms with van der Waals surface area (Å²) in [6, 6.07) is 4.79. The molecule has 0 spiro atoms. The highest BCUT2D eigenvalue weighted by Crippen LogP contribution is 2.39. The molecule has 21 N–H and O–H groups in total. The van der Waals surface area contributed by atoms with Crippen LogP contribution < -0.4 is 0 Å². The third-order valence-corrected chi connectivity index (χ3v) is 17.4. The van der Waals surface area contributed by atoms with E-state index in [2.05, 4.69) is 23.0 Å². The number of aromatic nitrogens is 1. The average Bonchev–Trinajstić information content (AvgIpc) is 1.78. The number of aliphatic hydroxyl groups is 21. The predicted octanol–water partition coefficient (Wildman–Crippen LogP) is -13.4. The van der Waals surface area contributed by atoms with Crippen LogP contribution in [0.1, 0.15) is 24.4 Å². The molecule has 0 amide bonds. The zero-order valence-electron chi connectivity index (χ0n) is 47.7. The molecule has 23 rings (SSSR count). The molecule has 0 aliphatic carbocycles. The normalized spacial score (nSPS) is 51.2. The summed E-state index contributed by atoms with van der Waals surface area (Å²) in [7, 11) is 2.19. The third kappa shape index (κ3) is 14.8. The molecule has 22 saturated heterocycles. The summed E-state index contributed by atoms with van der Waals surface area (Å²) in [6.45, 7) is -6.11. The summed E-state index contributed by atoms with van der Waals surface area (Å²) >= 11 is 0. The molecule has 1 unspecified atom stereocenters. The second-order valence-corrected chi connectivity index (χ2v) is 23.1. The van der Waals surface area contributed by atoms with E-state index in [0.717, 1.165) is 0 Å². The molecular weight excluding hydrogens is 1210 g/mol. The largest absolute Gasteiger partial charge is 0.394 e. The van der Waals surface area contributed by atoms with Crippen molar-refractivity contribution < 1.29 is 174 Å². The van der Waals surface area contributed by atoms with E-state index in [4.69, 9.17) is 66.3 Å². The first-order valence-corrected chi connectivity index (χ1v) is 29.1. The summed E-state index contributed by atoms with van der Waals surface area (Å²) in [5.74, 6) is 0. The highest BCUT2D eigenvalue weighted by atomic mass is 16.8. The number of aliphatic hydroxyl groups excluding tert-OH is 21. The van der Waals surface area contributed by atoms with E-state index < -0.39 is 261 Å². The molecule has 22 fully saturated rings. The van der Waals surface area contributed by atoms with E-state index in [-0.39, 0.29) is 0 Å². The monoisotopic (exact) mass is 1300 g/mol. The average molecular weight is 1300 g/mol. The fourth-order valence-corrected chi connectivity index (χ4v) is 12.3. The Morgan fingerprint density at radius 2 is 0.551 bits per heavy atom. The molecule has 23 heterocycles. The second-order valence-electron chi connectivity index (χ2n) is 23.1. The van der Waals surface area contributed by atoms with Crippen LogP contribution in [-0.2, 0) is 66.3 Å². The first kappa shape index (κ1) is 71.0. The predicted molar refractivity (Wildman–Crippen MR) is 277 cm³/mol. The van der Waals surface area contributed by atoms with Crippen LogP contribution in [0.5, 0.6) is 0 Å². The van der Waals surface area contributed by atoms with Gasteiger partial charge in [0.15, 0.2) is 44.0 Å². The molecular formula is C52H84N2O35. The fourth-order valence-electron chi connectivity index (χ4n) is 12.3. The number of pyridine rings is 1. The van der Waals surface area contributed by atoms with Crippen LogP contribution in [0.25, 0.3) is 0 Å². The standard InChI is InChI=1S/C42H70O35.C10H14N2/c43-1-8-29-15(50)22(57)36(64-8)72-30-9(2-44)66-38(24(59)17(30)52)74-32-11(4-46)68-40(26(61)19(32)54)76-34-13(6-48)70-42(28(63)21(34)56)77-35-14(7-49)69-41(27(62)20(35)55)75-33-12(5-47)67-39(25(60)18(33)53)73-31-10(3-45)65-37(71-29)23(58)16(31)51;1-12-7-3-5-10(12)9-4-2-6-11-8-9/h8-63H,1-7H2;2,4,6,8,10H,3,5,7H2,1H3/t8-,9-,10-,11-,12-,13-,14-,15-,16-,17-,18-,19-,20-,21-,22-,23-,24-,25-,26-,27-,28-,29-,30-,31-,32-,33-,34-,35-,36-,37-,38-,39-,40-,41-,42-;/m1./s1. The van der Waals surface area contributed by atoms with E-state index in [0.29, 0.717) is 6.04 Å². The maximum Gasteiger partial charge on any atom is 0.187 e. The first-order valence-electron chi connectivity index (χ1n) is 29.1. The molecule has 36 atom stereocenters. The van der Waals surface area contributed by atoms with E-state index in [1.807, 2.05) is 18.5 Å². The first-order chi connectivity index (χ1) is 42.5. The number of hydrogen-bond donors (Lipinski definition) is 21. The van der Waals surface area contributed by atoms with Crippen molar-refractivity contribution in [1.82, 2.24) is 9.88 Å². The van der Waals surface area contributed by atoms with Gasteiger partial charge in [0.2, 0.25) is 0 Å². The van der Waals surface area contributed by atoms with Gasteiger partial charge < -0.3 is 174 Å². The Morgan fingerprint density at radius 1 is 0.337 bits per heavy atom. The van der Waals surface area contributed by atoms with Gasteiger partial charge in [-0.3, -0.25) is 9.88 Å². The minimum atomic E-state index is -2.21. The van der Waals surface area contributed by atoms with Crippen molar-refractivity contribution in [2.75, 3.05) is 59.8 Å². The van der Waals surface area contributed by atoms with E-state index in [1.54, 1.807) is 0 Å². The van der Waals surface area contributed by atoms with Gasteiger partial charge in [0.1, 0.15) is 171 Å². The molecule has 1 aromatic heterocycles. The van der Waals surface area contributed by atoms with E-state index in [1.165, 1.54) is 24.9 Å². The van der Waals surface area contributed by atoms with Gasteiger partial charge in [0.05, 0.1) is 46.2 Å². The number of rotatable bonds is 8. The van der Waals surface area contributed by atoms with Crippen molar-refractivity contribution in [1.29, 1.82) is 0 Å². The third-order valence-electron chi connectivity index (χ3n) is 17.4. The summed E-state index contributed by atoms with van der Waals surface area (Å²) in [5, 5.41) is 230. The SMILES string of the molecule is CN1CCCC1c1cccnc1.OC[C@H]1O[C@@H]2O[C@H]3[C@H](O)[C@@H](O)[C@@H](O[C@H]4[C@H](O)[C@@H](O)[C@@H](O[C@H]5[C@H](O)[C@@H](O)[C@@H](O[C@H]6[C@H](O)[C@@H](O)[C@@H](O[C@H]7[C@H](O)[C@@H](O)[C@@H](O[C@H]8[C@H](O)[C@@H](O)[C@@H](O[C@H]1[C@H](O)[C@H]2O)O[C@@H]8CO)O[C@@H]7CO)O[C@@H]6CO)O[C@@H]5CO)O[C@@H]4CO)O[C@@H]3CO. The van der Waals surface area contributed by atoms with Gasteiger partial charge in [0.25, 0.3) is 0 Å². The minimum absolute atomic E-state index is 0.610. The molecule has 0 radical (unpaired) electrons. The molecule has 512 valence electrons. The topological polar surface area (TPSA) is 570 Å². The summed E-state index contributed by atoms with van der Waals surface area (Å²) in [6.07, 6.45) is -63.8. The molecule has 37 heteroatoms. The zero-order chi connectivity index (χ0) is 64.4. The van der Waals surface area contributed by atoms with E-state index >= 15 is 0 Å². The Balaban J connectivity index is 0.000000695. The lowest BCUT2D eigenvalue weighted by molar-refractivity contribution is -0.396. The van der Waals surface area contributed by atoms with Crippen LogP contribution in [0.15, 0.2) is 24.5 Å². The minimum Gasteiger partial charge on any atom is -0.394 e. The van der Waals surface area contributed by atoms with Crippen molar-refractivity contribution >= 4 is 0 Å². The molecule has 22 aliphatic rings. The Kier molecular flexibility index (Phi) is 24.8. The lowest BCUT2D eigenvalue weighted by atomic mass is 9.95. The van der Waals surface area contributed by atoms with E-state index in [9.17, 15) is 107 Å². The molecule has 22 aliphatic heterocycles. The van der Waals surface area contributed by atoms with Crippen molar-refractivity contribution in [3.8, 4) is 0 Å². The van der Waals surface area contributed by atoms with Crippen LogP contribution in [0.2, 0.25) is 0 Å². The van der Waals surface area contributed by atoms with Gasteiger partial charge in [-0.1, -0.05) is 6.07 Å². The fraction of sp³-hybridized carbons (Fsp3) is 0.904. The zero-order valence-corrected chi connectivity index (χ0v) is 47.7. The number of ether oxygens (including phenoxy) is 14. The highest BCUT2D eigenvalue weighted by molar-refractivity contribution is 5.15. The van der Waals surface area contributed by atoms with Crippen molar-refractivity contribution in [2.24, 2.45) is 0 Å². The number of nitrogens with zero attached hydrogens (tertiary/aromatic N) is 2. The quantitative estimate of drug-likeness (QED) is 0.115. The Hall–Kier alpha value is -2.29. The van der Waals surface area contributed by atoms with Crippen molar-refractivity contribution in [3.63, 3.8) is 0 Å². The maximum absolute atomic E-state index is 11.3. The molecule has 0 aromatic carbocycles. The summed E-state index contributed by atoms with van der Waals surface area (Å²) in [5.41, 5.74) is 1.36. The lowest BCUT2D eigenvalue weighted by Crippen LogP contribution is -2.68. The summed E-state index contributed by atoms with van der Waals surface area (Å²) in [4.78, 5) is 6.54. The Morgan fingerprint density at radius 3 is 0.708 bits per heavy atom. The summed E-state index contributed by atoms with van der Waals surface area (Å²) < 4.78 is 79.5. The van der Waals surface area contributed by atoms with Gasteiger partial charge in [0, 0.05) is 18.4 Å². The lowest BCUT2D eigenvalue weighted by Gasteiger charge is -2.50. The van der Waals surface area contributed by atoms with Crippen LogP contribution in [-0.4, -0.2) is 392 Å². The van der Waals surface area contributed by atoms with Crippen LogP contribution in [0.3, 0.4) is 0 Å². The van der Waals surface area contributed by atoms with Gasteiger partial charge in [-0.25, -0.2) is 0 Å². The molecule has 1 aromatic rings. The van der Waals surface area contributed by atoms with Crippen molar-refractivity contribution in [2.45, 2.75) is 234 Å². The van der Waals surface area contributed by atoms with Gasteiger partial charge in [-0.2, -0.15) is 0 Å². The molecule has 89 heavy (non-hydrogen) atoms. The van der Waals surface area contributed by atoms with Crippen LogP contribution >= 0.6 is 0 Å². The number of likely N-dealkylation sites (tertiary alicyclic amines) is 1.